The van der Waals surface area contributed by atoms with Gasteiger partial charge in [0.05, 0.1) is 12.2 Å². The van der Waals surface area contributed by atoms with E-state index in [1.54, 1.807) is 13.0 Å². The molecule has 11 heavy (non-hydrogen) atoms. The van der Waals surface area contributed by atoms with Crippen LogP contribution < -0.4 is 0 Å². The summed E-state index contributed by atoms with van der Waals surface area (Å²) >= 11 is 0. The molecule has 0 bridgehead atoms. The van der Waals surface area contributed by atoms with E-state index in [-0.39, 0.29) is 0 Å². The maximum Gasteiger partial charge on any atom is 0.103 e. The Kier molecular flexibility index (Phi) is 2.65. The first-order valence-corrected chi connectivity index (χ1v) is 3.87. The molecule has 1 aliphatic carbocycles. The van der Waals surface area contributed by atoms with Crippen molar-refractivity contribution in [2.24, 2.45) is 0 Å². The van der Waals surface area contributed by atoms with E-state index in [0.717, 1.165) is 6.42 Å². The SMILES string of the molecule is CC(O)C1=CCC[C@H](O)[C@@H]1O. The van der Waals surface area contributed by atoms with Crippen LogP contribution in [-0.2, 0) is 0 Å². The Bertz CT molecular complexity index is 163. The summed E-state index contributed by atoms with van der Waals surface area (Å²) in [7, 11) is 0. The third-order valence-electron chi connectivity index (χ3n) is 2.03. The molecular formula is C8H14O3. The molecule has 0 aromatic heterocycles. The second-order valence-electron chi connectivity index (χ2n) is 2.97. The molecule has 0 aromatic rings. The van der Waals surface area contributed by atoms with Gasteiger partial charge in [-0.25, -0.2) is 0 Å². The van der Waals surface area contributed by atoms with E-state index in [9.17, 15) is 10.2 Å². The molecule has 0 amide bonds. The Hall–Kier alpha value is -0.380. The van der Waals surface area contributed by atoms with Gasteiger partial charge < -0.3 is 15.3 Å². The number of allylic oxidation sites excluding steroid dienone is 1. The molecular weight excluding hydrogens is 144 g/mol. The molecule has 0 radical (unpaired) electrons. The highest BCUT2D eigenvalue weighted by Gasteiger charge is 2.25. The monoisotopic (exact) mass is 158 g/mol. The first-order chi connectivity index (χ1) is 5.13. The minimum Gasteiger partial charge on any atom is -0.390 e. The zero-order valence-corrected chi connectivity index (χ0v) is 6.57. The van der Waals surface area contributed by atoms with Crippen molar-refractivity contribution in [3.05, 3.63) is 11.6 Å². The van der Waals surface area contributed by atoms with Gasteiger partial charge in [-0.15, -0.1) is 0 Å². The molecule has 0 heterocycles. The minimum absolute atomic E-state index is 0.545. The van der Waals surface area contributed by atoms with Crippen LogP contribution >= 0.6 is 0 Å². The van der Waals surface area contributed by atoms with Gasteiger partial charge in [0, 0.05) is 0 Å². The van der Waals surface area contributed by atoms with Crippen LogP contribution in [0.15, 0.2) is 11.6 Å². The van der Waals surface area contributed by atoms with Crippen molar-refractivity contribution in [2.45, 2.75) is 38.1 Å². The molecule has 3 N–H and O–H groups in total. The van der Waals surface area contributed by atoms with E-state index < -0.39 is 18.3 Å². The van der Waals surface area contributed by atoms with Crippen LogP contribution in [0.2, 0.25) is 0 Å². The van der Waals surface area contributed by atoms with Crippen LogP contribution in [0.25, 0.3) is 0 Å². The lowest BCUT2D eigenvalue weighted by atomic mass is 9.91. The fourth-order valence-corrected chi connectivity index (χ4v) is 1.34. The van der Waals surface area contributed by atoms with Gasteiger partial charge in [-0.3, -0.25) is 0 Å². The lowest BCUT2D eigenvalue weighted by molar-refractivity contribution is 0.0177. The first-order valence-electron chi connectivity index (χ1n) is 3.87. The van der Waals surface area contributed by atoms with Crippen molar-refractivity contribution in [2.75, 3.05) is 0 Å². The molecule has 0 saturated heterocycles. The lowest BCUT2D eigenvalue weighted by Crippen LogP contribution is -2.34. The molecule has 0 spiro atoms. The number of hydrogen-bond donors (Lipinski definition) is 3. The Morgan fingerprint density at radius 2 is 2.18 bits per heavy atom. The average molecular weight is 158 g/mol. The maximum absolute atomic E-state index is 9.33. The van der Waals surface area contributed by atoms with E-state index in [2.05, 4.69) is 0 Å². The molecule has 0 aliphatic heterocycles. The molecule has 3 atom stereocenters. The van der Waals surface area contributed by atoms with Crippen molar-refractivity contribution < 1.29 is 15.3 Å². The van der Waals surface area contributed by atoms with E-state index in [1.165, 1.54) is 0 Å². The molecule has 1 aliphatic rings. The molecule has 3 heteroatoms. The summed E-state index contributed by atoms with van der Waals surface area (Å²) in [6.45, 7) is 1.59. The molecule has 64 valence electrons. The van der Waals surface area contributed by atoms with Gasteiger partial charge in [-0.2, -0.15) is 0 Å². The summed E-state index contributed by atoms with van der Waals surface area (Å²) in [6.07, 6.45) is 0.881. The molecule has 0 aromatic carbocycles. The van der Waals surface area contributed by atoms with Gasteiger partial charge in [0.1, 0.15) is 6.10 Å². The Balaban J connectivity index is 2.70. The second kappa shape index (κ2) is 3.34. The quantitative estimate of drug-likeness (QED) is 0.463. The van der Waals surface area contributed by atoms with Crippen LogP contribution in [0.1, 0.15) is 19.8 Å². The third-order valence-corrected chi connectivity index (χ3v) is 2.03. The van der Waals surface area contributed by atoms with E-state index in [4.69, 9.17) is 5.11 Å². The van der Waals surface area contributed by atoms with Crippen LogP contribution in [-0.4, -0.2) is 33.6 Å². The molecule has 1 unspecified atom stereocenters. The van der Waals surface area contributed by atoms with Crippen molar-refractivity contribution in [3.8, 4) is 0 Å². The van der Waals surface area contributed by atoms with Gasteiger partial charge in [0.25, 0.3) is 0 Å². The zero-order valence-electron chi connectivity index (χ0n) is 6.57. The van der Waals surface area contributed by atoms with Crippen LogP contribution in [0, 0.1) is 0 Å². The number of rotatable bonds is 1. The highest BCUT2D eigenvalue weighted by molar-refractivity contribution is 5.17. The average Bonchev–Trinajstić information content (AvgIpc) is 1.94. The smallest absolute Gasteiger partial charge is 0.103 e. The van der Waals surface area contributed by atoms with Gasteiger partial charge in [0.2, 0.25) is 0 Å². The van der Waals surface area contributed by atoms with Gasteiger partial charge in [-0.05, 0) is 25.3 Å². The second-order valence-corrected chi connectivity index (χ2v) is 2.97. The zero-order chi connectivity index (χ0) is 8.43. The van der Waals surface area contributed by atoms with E-state index in [0.29, 0.717) is 12.0 Å². The van der Waals surface area contributed by atoms with Crippen LogP contribution in [0.5, 0.6) is 0 Å². The highest BCUT2D eigenvalue weighted by Crippen LogP contribution is 2.21. The number of aliphatic hydroxyl groups excluding tert-OH is 3. The Morgan fingerprint density at radius 3 is 2.64 bits per heavy atom. The summed E-state index contributed by atoms with van der Waals surface area (Å²) in [5.41, 5.74) is 0.545. The van der Waals surface area contributed by atoms with Gasteiger partial charge in [0.15, 0.2) is 0 Å². The summed E-state index contributed by atoms with van der Waals surface area (Å²) in [5, 5.41) is 27.7. The standard InChI is InChI=1S/C8H14O3/c1-5(9)6-3-2-4-7(10)8(6)11/h3,5,7-11H,2,4H2,1H3/t5?,7-,8+/m0/s1. The Labute approximate surface area is 66.0 Å². The maximum atomic E-state index is 9.33. The summed E-state index contributed by atoms with van der Waals surface area (Å²) in [5.74, 6) is 0. The summed E-state index contributed by atoms with van der Waals surface area (Å²) < 4.78 is 0. The fraction of sp³-hybridized carbons (Fsp3) is 0.750. The van der Waals surface area contributed by atoms with Crippen LogP contribution in [0.3, 0.4) is 0 Å². The van der Waals surface area contributed by atoms with Crippen molar-refractivity contribution in [1.29, 1.82) is 0 Å². The summed E-state index contributed by atoms with van der Waals surface area (Å²) in [6, 6.07) is 0. The fourth-order valence-electron chi connectivity index (χ4n) is 1.34. The topological polar surface area (TPSA) is 60.7 Å². The van der Waals surface area contributed by atoms with E-state index >= 15 is 0 Å². The normalized spacial score (nSPS) is 34.7. The van der Waals surface area contributed by atoms with Crippen molar-refractivity contribution in [1.82, 2.24) is 0 Å². The predicted octanol–water partition coefficient (Wildman–Crippen LogP) is -0.191. The lowest BCUT2D eigenvalue weighted by Gasteiger charge is -2.26. The number of aliphatic hydroxyl groups is 3. The molecule has 3 nitrogen and oxygen atoms in total. The highest BCUT2D eigenvalue weighted by atomic mass is 16.3. The predicted molar refractivity (Wildman–Crippen MR) is 41.0 cm³/mol. The largest absolute Gasteiger partial charge is 0.390 e. The van der Waals surface area contributed by atoms with Gasteiger partial charge >= 0.3 is 0 Å². The minimum atomic E-state index is -0.872. The van der Waals surface area contributed by atoms with Crippen molar-refractivity contribution in [3.63, 3.8) is 0 Å². The summed E-state index contributed by atoms with van der Waals surface area (Å²) in [4.78, 5) is 0. The van der Waals surface area contributed by atoms with E-state index in [1.807, 2.05) is 0 Å². The molecule has 0 fully saturated rings. The molecule has 1 rings (SSSR count). The number of hydrogen-bond acceptors (Lipinski definition) is 3. The molecule has 0 saturated carbocycles. The van der Waals surface area contributed by atoms with Crippen LogP contribution in [0.4, 0.5) is 0 Å². The van der Waals surface area contributed by atoms with Crippen molar-refractivity contribution >= 4 is 0 Å². The Morgan fingerprint density at radius 1 is 1.55 bits per heavy atom. The van der Waals surface area contributed by atoms with Gasteiger partial charge in [-0.1, -0.05) is 6.08 Å². The first kappa shape index (κ1) is 8.71. The third kappa shape index (κ3) is 1.80.